The predicted molar refractivity (Wildman–Crippen MR) is 62.3 cm³/mol. The predicted octanol–water partition coefficient (Wildman–Crippen LogP) is 1.50. The van der Waals surface area contributed by atoms with E-state index in [-0.39, 0.29) is 11.7 Å². The van der Waals surface area contributed by atoms with Gasteiger partial charge in [-0.3, -0.25) is 0 Å². The SMILES string of the molecule is CC(O)Cc1ccc2c(c1)C(C)CS2(=O)=O. The Morgan fingerprint density at radius 3 is 2.81 bits per heavy atom. The van der Waals surface area contributed by atoms with Crippen LogP contribution in [0, 0.1) is 0 Å². The van der Waals surface area contributed by atoms with Gasteiger partial charge in [-0.05, 0) is 36.5 Å². The number of hydrogen-bond donors (Lipinski definition) is 1. The second kappa shape index (κ2) is 3.86. The first-order valence-electron chi connectivity index (χ1n) is 5.44. The second-order valence-electron chi connectivity index (χ2n) is 4.61. The van der Waals surface area contributed by atoms with Crippen LogP contribution < -0.4 is 0 Å². The molecule has 0 amide bonds. The van der Waals surface area contributed by atoms with Crippen LogP contribution in [0.2, 0.25) is 0 Å². The molecule has 2 rings (SSSR count). The van der Waals surface area contributed by atoms with E-state index < -0.39 is 15.9 Å². The summed E-state index contributed by atoms with van der Waals surface area (Å²) in [5, 5.41) is 9.30. The molecule has 0 bridgehead atoms. The molecular weight excluding hydrogens is 224 g/mol. The van der Waals surface area contributed by atoms with E-state index in [2.05, 4.69) is 0 Å². The molecule has 16 heavy (non-hydrogen) atoms. The first-order chi connectivity index (χ1) is 7.40. The van der Waals surface area contributed by atoms with Gasteiger partial charge in [0, 0.05) is 0 Å². The Bertz CT molecular complexity index is 503. The van der Waals surface area contributed by atoms with Crippen molar-refractivity contribution in [3.05, 3.63) is 29.3 Å². The Labute approximate surface area is 96.0 Å². The lowest BCUT2D eigenvalue weighted by molar-refractivity contribution is 0.195. The lowest BCUT2D eigenvalue weighted by Crippen LogP contribution is -2.04. The molecule has 0 saturated carbocycles. The van der Waals surface area contributed by atoms with Crippen LogP contribution in [-0.4, -0.2) is 25.4 Å². The number of aliphatic hydroxyl groups is 1. The lowest BCUT2D eigenvalue weighted by Gasteiger charge is -2.08. The smallest absolute Gasteiger partial charge is 0.179 e. The highest BCUT2D eigenvalue weighted by atomic mass is 32.2. The van der Waals surface area contributed by atoms with E-state index in [1.54, 1.807) is 19.1 Å². The summed E-state index contributed by atoms with van der Waals surface area (Å²) in [6.45, 7) is 3.66. The highest BCUT2D eigenvalue weighted by Gasteiger charge is 2.31. The third-order valence-corrected chi connectivity index (χ3v) is 4.92. The Morgan fingerprint density at radius 2 is 2.19 bits per heavy atom. The number of sulfone groups is 1. The molecule has 1 aliphatic rings. The zero-order valence-corrected chi connectivity index (χ0v) is 10.3. The van der Waals surface area contributed by atoms with Gasteiger partial charge in [-0.2, -0.15) is 0 Å². The van der Waals surface area contributed by atoms with Crippen molar-refractivity contribution >= 4 is 9.84 Å². The largest absolute Gasteiger partial charge is 0.393 e. The van der Waals surface area contributed by atoms with Crippen LogP contribution in [-0.2, 0) is 16.3 Å². The van der Waals surface area contributed by atoms with Crippen LogP contribution >= 0.6 is 0 Å². The molecule has 1 aromatic rings. The van der Waals surface area contributed by atoms with Gasteiger partial charge in [0.05, 0.1) is 16.8 Å². The van der Waals surface area contributed by atoms with E-state index in [4.69, 9.17) is 0 Å². The van der Waals surface area contributed by atoms with Crippen LogP contribution in [0.5, 0.6) is 0 Å². The summed E-state index contributed by atoms with van der Waals surface area (Å²) in [5.74, 6) is 0.273. The molecule has 4 heteroatoms. The second-order valence-corrected chi connectivity index (χ2v) is 6.61. The average Bonchev–Trinajstić information content (AvgIpc) is 2.36. The minimum Gasteiger partial charge on any atom is -0.393 e. The molecule has 1 heterocycles. The molecule has 0 radical (unpaired) electrons. The third-order valence-electron chi connectivity index (χ3n) is 2.94. The van der Waals surface area contributed by atoms with E-state index in [0.717, 1.165) is 11.1 Å². The van der Waals surface area contributed by atoms with Crippen molar-refractivity contribution in [2.45, 2.75) is 37.2 Å². The summed E-state index contributed by atoms with van der Waals surface area (Å²) in [6, 6.07) is 5.38. The van der Waals surface area contributed by atoms with Crippen molar-refractivity contribution in [2.75, 3.05) is 5.75 Å². The Hall–Kier alpha value is -0.870. The van der Waals surface area contributed by atoms with Gasteiger partial charge in [-0.1, -0.05) is 19.1 Å². The van der Waals surface area contributed by atoms with Crippen molar-refractivity contribution in [3.63, 3.8) is 0 Å². The molecule has 0 fully saturated rings. The molecule has 1 N–H and O–H groups in total. The number of aliphatic hydroxyl groups excluding tert-OH is 1. The van der Waals surface area contributed by atoms with E-state index in [1.165, 1.54) is 0 Å². The van der Waals surface area contributed by atoms with Crippen LogP contribution in [0.4, 0.5) is 0 Å². The molecule has 3 nitrogen and oxygen atoms in total. The summed E-state index contributed by atoms with van der Waals surface area (Å²) < 4.78 is 23.5. The molecule has 0 spiro atoms. The zero-order chi connectivity index (χ0) is 11.9. The summed E-state index contributed by atoms with van der Waals surface area (Å²) >= 11 is 0. The summed E-state index contributed by atoms with van der Waals surface area (Å²) in [5.41, 5.74) is 1.90. The van der Waals surface area contributed by atoms with Gasteiger partial charge in [0.1, 0.15) is 0 Å². The van der Waals surface area contributed by atoms with Gasteiger partial charge in [0.15, 0.2) is 9.84 Å². The topological polar surface area (TPSA) is 54.4 Å². The highest BCUT2D eigenvalue weighted by molar-refractivity contribution is 7.91. The zero-order valence-electron chi connectivity index (χ0n) is 9.47. The normalized spacial score (nSPS) is 24.1. The molecule has 2 atom stereocenters. The van der Waals surface area contributed by atoms with Gasteiger partial charge in [0.2, 0.25) is 0 Å². The molecule has 0 saturated heterocycles. The minimum absolute atomic E-state index is 0.0638. The van der Waals surface area contributed by atoms with Crippen molar-refractivity contribution < 1.29 is 13.5 Å². The van der Waals surface area contributed by atoms with Gasteiger partial charge < -0.3 is 5.11 Å². The number of rotatable bonds is 2. The minimum atomic E-state index is -3.06. The van der Waals surface area contributed by atoms with Gasteiger partial charge in [-0.15, -0.1) is 0 Å². The molecule has 0 aromatic heterocycles. The molecule has 0 aliphatic carbocycles. The number of hydrogen-bond acceptors (Lipinski definition) is 3. The Morgan fingerprint density at radius 1 is 1.50 bits per heavy atom. The maximum Gasteiger partial charge on any atom is 0.179 e. The van der Waals surface area contributed by atoms with Crippen molar-refractivity contribution in [3.8, 4) is 0 Å². The van der Waals surface area contributed by atoms with Crippen molar-refractivity contribution in [2.24, 2.45) is 0 Å². The fourth-order valence-corrected chi connectivity index (χ4v) is 4.15. The summed E-state index contributed by atoms with van der Waals surface area (Å²) in [7, 11) is -3.06. The fraction of sp³-hybridized carbons (Fsp3) is 0.500. The fourth-order valence-electron chi connectivity index (χ4n) is 2.24. The third kappa shape index (κ3) is 1.99. The quantitative estimate of drug-likeness (QED) is 0.852. The Balaban J connectivity index is 2.45. The maximum absolute atomic E-state index is 11.7. The monoisotopic (exact) mass is 240 g/mol. The van der Waals surface area contributed by atoms with E-state index in [9.17, 15) is 13.5 Å². The molecular formula is C12H16O3S. The van der Waals surface area contributed by atoms with Gasteiger partial charge in [-0.25, -0.2) is 8.42 Å². The van der Waals surface area contributed by atoms with Crippen LogP contribution in [0.3, 0.4) is 0 Å². The van der Waals surface area contributed by atoms with Crippen LogP contribution in [0.15, 0.2) is 23.1 Å². The lowest BCUT2D eigenvalue weighted by atomic mass is 9.99. The molecule has 1 aliphatic heterocycles. The van der Waals surface area contributed by atoms with E-state index >= 15 is 0 Å². The van der Waals surface area contributed by atoms with Crippen LogP contribution in [0.1, 0.15) is 30.9 Å². The Kier molecular flexibility index (Phi) is 2.80. The average molecular weight is 240 g/mol. The first kappa shape index (κ1) is 11.6. The molecule has 1 aromatic carbocycles. The number of benzene rings is 1. The van der Waals surface area contributed by atoms with Gasteiger partial charge >= 0.3 is 0 Å². The molecule has 2 unspecified atom stereocenters. The standard InChI is InChI=1S/C12H16O3S/c1-8-7-16(14,15)12-4-3-10(5-9(2)13)6-11(8)12/h3-4,6,8-9,13H,5,7H2,1-2H3. The van der Waals surface area contributed by atoms with Gasteiger partial charge in [0.25, 0.3) is 0 Å². The van der Waals surface area contributed by atoms with Crippen molar-refractivity contribution in [1.29, 1.82) is 0 Å². The summed E-state index contributed by atoms with van der Waals surface area (Å²) in [6.07, 6.45) is 0.173. The maximum atomic E-state index is 11.7. The summed E-state index contributed by atoms with van der Waals surface area (Å²) in [4.78, 5) is 0.467. The van der Waals surface area contributed by atoms with Crippen LogP contribution in [0.25, 0.3) is 0 Å². The first-order valence-corrected chi connectivity index (χ1v) is 7.09. The van der Waals surface area contributed by atoms with E-state index in [0.29, 0.717) is 11.3 Å². The van der Waals surface area contributed by atoms with E-state index in [1.807, 2.05) is 13.0 Å². The van der Waals surface area contributed by atoms with Crippen molar-refractivity contribution in [1.82, 2.24) is 0 Å². The number of fused-ring (bicyclic) bond motifs is 1. The molecule has 88 valence electrons. The highest BCUT2D eigenvalue weighted by Crippen LogP contribution is 2.35.